The number of nitrogens with zero attached hydrogens (tertiary/aromatic N) is 1. The fourth-order valence-corrected chi connectivity index (χ4v) is 2.77. The van der Waals surface area contributed by atoms with E-state index in [1.165, 1.54) is 6.42 Å². The molecule has 1 aliphatic rings. The second-order valence-electron chi connectivity index (χ2n) is 5.96. The summed E-state index contributed by atoms with van der Waals surface area (Å²) < 4.78 is 14.3. The minimum Gasteiger partial charge on any atom is -0.369 e. The molecule has 0 spiro atoms. The SMILES string of the molecule is CNC(C)c1ccc(N2CCC(C(C)C)C2)c(F)c1. The van der Waals surface area contributed by atoms with Crippen LogP contribution in [0.5, 0.6) is 0 Å². The van der Waals surface area contributed by atoms with E-state index >= 15 is 0 Å². The number of anilines is 1. The number of hydrogen-bond acceptors (Lipinski definition) is 2. The molecule has 1 heterocycles. The zero-order valence-electron chi connectivity index (χ0n) is 12.4. The van der Waals surface area contributed by atoms with Gasteiger partial charge in [-0.25, -0.2) is 4.39 Å². The van der Waals surface area contributed by atoms with E-state index in [9.17, 15) is 4.39 Å². The number of benzene rings is 1. The summed E-state index contributed by atoms with van der Waals surface area (Å²) in [6.45, 7) is 8.50. The van der Waals surface area contributed by atoms with Crippen LogP contribution in [0.3, 0.4) is 0 Å². The Morgan fingerprint density at radius 2 is 2.05 bits per heavy atom. The molecule has 0 aliphatic carbocycles. The lowest BCUT2D eigenvalue weighted by Gasteiger charge is -2.21. The van der Waals surface area contributed by atoms with E-state index < -0.39 is 0 Å². The van der Waals surface area contributed by atoms with E-state index in [1.54, 1.807) is 6.07 Å². The molecular weight excluding hydrogens is 239 g/mol. The van der Waals surface area contributed by atoms with E-state index in [1.807, 2.05) is 26.1 Å². The molecule has 1 saturated heterocycles. The smallest absolute Gasteiger partial charge is 0.146 e. The number of hydrogen-bond donors (Lipinski definition) is 1. The van der Waals surface area contributed by atoms with Crippen LogP contribution in [0.1, 0.15) is 38.8 Å². The summed E-state index contributed by atoms with van der Waals surface area (Å²) in [5, 5.41) is 3.14. The van der Waals surface area contributed by atoms with Gasteiger partial charge in [0.2, 0.25) is 0 Å². The molecule has 2 nitrogen and oxygen atoms in total. The summed E-state index contributed by atoms with van der Waals surface area (Å²) in [5.74, 6) is 1.27. The Hall–Kier alpha value is -1.09. The maximum absolute atomic E-state index is 14.3. The molecule has 0 aromatic heterocycles. The Morgan fingerprint density at radius 1 is 1.32 bits per heavy atom. The van der Waals surface area contributed by atoms with Crippen LogP contribution in [0.4, 0.5) is 10.1 Å². The summed E-state index contributed by atoms with van der Waals surface area (Å²) in [7, 11) is 1.89. The lowest BCUT2D eigenvalue weighted by atomic mass is 9.95. The Morgan fingerprint density at radius 3 is 2.58 bits per heavy atom. The van der Waals surface area contributed by atoms with E-state index in [0.29, 0.717) is 11.8 Å². The Labute approximate surface area is 116 Å². The van der Waals surface area contributed by atoms with Gasteiger partial charge in [0.25, 0.3) is 0 Å². The largest absolute Gasteiger partial charge is 0.369 e. The third-order valence-electron chi connectivity index (χ3n) is 4.41. The van der Waals surface area contributed by atoms with Crippen LogP contribution < -0.4 is 10.2 Å². The lowest BCUT2D eigenvalue weighted by Crippen LogP contribution is -2.22. The molecule has 1 aromatic carbocycles. The second kappa shape index (κ2) is 5.91. The van der Waals surface area contributed by atoms with Gasteiger partial charge in [0, 0.05) is 19.1 Å². The molecule has 0 amide bonds. The van der Waals surface area contributed by atoms with Crippen LogP contribution in [0, 0.1) is 17.7 Å². The maximum atomic E-state index is 14.3. The minimum absolute atomic E-state index is 0.0935. The summed E-state index contributed by atoms with van der Waals surface area (Å²) in [6.07, 6.45) is 1.17. The first-order valence-corrected chi connectivity index (χ1v) is 7.24. The Balaban J connectivity index is 2.14. The van der Waals surface area contributed by atoms with Crippen molar-refractivity contribution in [1.82, 2.24) is 5.32 Å². The number of rotatable bonds is 4. The molecule has 1 fully saturated rings. The molecular formula is C16H25FN2. The van der Waals surface area contributed by atoms with E-state index in [4.69, 9.17) is 0 Å². The highest BCUT2D eigenvalue weighted by Gasteiger charge is 2.26. The van der Waals surface area contributed by atoms with Gasteiger partial charge in [-0.15, -0.1) is 0 Å². The molecule has 106 valence electrons. The normalized spacial score (nSPS) is 21.2. The monoisotopic (exact) mass is 264 g/mol. The first kappa shape index (κ1) is 14.3. The molecule has 3 heteroatoms. The van der Waals surface area contributed by atoms with Gasteiger partial charge in [-0.3, -0.25) is 0 Å². The van der Waals surface area contributed by atoms with Gasteiger partial charge in [-0.2, -0.15) is 0 Å². The van der Waals surface area contributed by atoms with Crippen LogP contribution in [0.2, 0.25) is 0 Å². The van der Waals surface area contributed by atoms with Crippen molar-refractivity contribution in [3.05, 3.63) is 29.6 Å². The van der Waals surface area contributed by atoms with Crippen LogP contribution in [0.15, 0.2) is 18.2 Å². The molecule has 2 rings (SSSR count). The minimum atomic E-state index is -0.0935. The van der Waals surface area contributed by atoms with Crippen LogP contribution >= 0.6 is 0 Å². The van der Waals surface area contributed by atoms with E-state index in [-0.39, 0.29) is 11.9 Å². The first-order valence-electron chi connectivity index (χ1n) is 7.24. The van der Waals surface area contributed by atoms with Crippen molar-refractivity contribution in [2.75, 3.05) is 25.0 Å². The molecule has 1 aromatic rings. The molecule has 2 unspecified atom stereocenters. The highest BCUT2D eigenvalue weighted by molar-refractivity contribution is 5.50. The summed E-state index contributed by atoms with van der Waals surface area (Å²) in [5.41, 5.74) is 1.76. The van der Waals surface area contributed by atoms with Gasteiger partial charge in [0.1, 0.15) is 5.82 Å². The van der Waals surface area contributed by atoms with Crippen LogP contribution in [0.25, 0.3) is 0 Å². The van der Waals surface area contributed by atoms with Crippen molar-refractivity contribution in [3.8, 4) is 0 Å². The van der Waals surface area contributed by atoms with Gasteiger partial charge in [0.15, 0.2) is 0 Å². The molecule has 0 saturated carbocycles. The van der Waals surface area contributed by atoms with Gasteiger partial charge in [-0.1, -0.05) is 19.9 Å². The Kier molecular flexibility index (Phi) is 4.46. The van der Waals surface area contributed by atoms with Crippen molar-refractivity contribution in [1.29, 1.82) is 0 Å². The lowest BCUT2D eigenvalue weighted by molar-refractivity contribution is 0.422. The standard InChI is InChI=1S/C16H25FN2/c1-11(2)14-7-8-19(10-14)16-6-5-13(9-15(16)17)12(3)18-4/h5-6,9,11-12,14,18H,7-8,10H2,1-4H3. The predicted molar refractivity (Wildman–Crippen MR) is 79.0 cm³/mol. The predicted octanol–water partition coefficient (Wildman–Crippen LogP) is 3.59. The summed E-state index contributed by atoms with van der Waals surface area (Å²) >= 11 is 0. The summed E-state index contributed by atoms with van der Waals surface area (Å²) in [6, 6.07) is 5.81. The van der Waals surface area contributed by atoms with E-state index in [2.05, 4.69) is 24.1 Å². The van der Waals surface area contributed by atoms with Crippen LogP contribution in [-0.2, 0) is 0 Å². The molecule has 0 bridgehead atoms. The maximum Gasteiger partial charge on any atom is 0.146 e. The fourth-order valence-electron chi connectivity index (χ4n) is 2.77. The topological polar surface area (TPSA) is 15.3 Å². The summed E-state index contributed by atoms with van der Waals surface area (Å²) in [4.78, 5) is 2.19. The molecule has 1 aliphatic heterocycles. The second-order valence-corrected chi connectivity index (χ2v) is 5.96. The van der Waals surface area contributed by atoms with Gasteiger partial charge >= 0.3 is 0 Å². The van der Waals surface area contributed by atoms with Crippen molar-refractivity contribution >= 4 is 5.69 Å². The number of nitrogens with one attached hydrogen (secondary N) is 1. The molecule has 1 N–H and O–H groups in total. The average molecular weight is 264 g/mol. The van der Waals surface area contributed by atoms with Gasteiger partial charge in [0.05, 0.1) is 5.69 Å². The quantitative estimate of drug-likeness (QED) is 0.894. The number of halogens is 1. The molecule has 2 atom stereocenters. The zero-order valence-corrected chi connectivity index (χ0v) is 12.4. The molecule has 0 radical (unpaired) electrons. The highest BCUT2D eigenvalue weighted by Crippen LogP contribution is 2.31. The van der Waals surface area contributed by atoms with Gasteiger partial charge < -0.3 is 10.2 Å². The highest BCUT2D eigenvalue weighted by atomic mass is 19.1. The fraction of sp³-hybridized carbons (Fsp3) is 0.625. The van der Waals surface area contributed by atoms with Crippen molar-refractivity contribution in [3.63, 3.8) is 0 Å². The van der Waals surface area contributed by atoms with Crippen molar-refractivity contribution in [2.45, 2.75) is 33.2 Å². The van der Waals surface area contributed by atoms with Crippen molar-refractivity contribution < 1.29 is 4.39 Å². The molecule has 19 heavy (non-hydrogen) atoms. The van der Waals surface area contributed by atoms with Crippen molar-refractivity contribution in [2.24, 2.45) is 11.8 Å². The third kappa shape index (κ3) is 3.08. The first-order chi connectivity index (χ1) is 9.02. The third-order valence-corrected chi connectivity index (χ3v) is 4.41. The Bertz CT molecular complexity index is 431. The zero-order chi connectivity index (χ0) is 14.0. The van der Waals surface area contributed by atoms with Gasteiger partial charge in [-0.05, 0) is 49.9 Å². The average Bonchev–Trinajstić information content (AvgIpc) is 2.87. The van der Waals surface area contributed by atoms with E-state index in [0.717, 1.165) is 24.3 Å². The van der Waals surface area contributed by atoms with Crippen LogP contribution in [-0.4, -0.2) is 20.1 Å².